The van der Waals surface area contributed by atoms with Crippen molar-refractivity contribution >= 4 is 5.97 Å². The van der Waals surface area contributed by atoms with Crippen LogP contribution in [0.15, 0.2) is 60.7 Å². The largest absolute Gasteiger partial charge is 0.494 e. The Morgan fingerprint density at radius 1 is 0.556 bits per heavy atom. The molecular formula is C37H43F5O3. The lowest BCUT2D eigenvalue weighted by molar-refractivity contribution is 0.0721. The lowest BCUT2D eigenvalue weighted by atomic mass is 10.1. The monoisotopic (exact) mass is 630 g/mol. The van der Waals surface area contributed by atoms with Crippen molar-refractivity contribution in [3.8, 4) is 22.6 Å². The van der Waals surface area contributed by atoms with Crippen molar-refractivity contribution in [2.45, 2.75) is 96.8 Å². The second-order valence-corrected chi connectivity index (χ2v) is 11.2. The second-order valence-electron chi connectivity index (χ2n) is 11.2. The van der Waals surface area contributed by atoms with Crippen molar-refractivity contribution in [3.05, 3.63) is 95.3 Å². The summed E-state index contributed by atoms with van der Waals surface area (Å²) in [7, 11) is 0. The van der Waals surface area contributed by atoms with Crippen LogP contribution in [0.25, 0.3) is 11.1 Å². The molecule has 3 aromatic carbocycles. The summed E-state index contributed by atoms with van der Waals surface area (Å²) in [6.45, 7) is 2.89. The third-order valence-corrected chi connectivity index (χ3v) is 7.59. The number of unbranched alkanes of at least 4 members (excludes halogenated alkanes) is 12. The predicted octanol–water partition coefficient (Wildman–Crippen LogP) is 11.7. The molecule has 45 heavy (non-hydrogen) atoms. The Labute approximate surface area is 263 Å². The van der Waals surface area contributed by atoms with Crippen LogP contribution < -0.4 is 9.47 Å². The van der Waals surface area contributed by atoms with Crippen LogP contribution in [0, 0.1) is 29.1 Å². The molecule has 0 spiro atoms. The van der Waals surface area contributed by atoms with Crippen LogP contribution in [-0.2, 0) is 0 Å². The normalized spacial score (nSPS) is 11.3. The van der Waals surface area contributed by atoms with E-state index in [1.807, 2.05) is 24.3 Å². The van der Waals surface area contributed by atoms with Crippen LogP contribution in [0.3, 0.4) is 0 Å². The molecule has 8 heteroatoms. The molecule has 0 fully saturated rings. The van der Waals surface area contributed by atoms with Crippen molar-refractivity contribution in [2.24, 2.45) is 0 Å². The molecule has 0 atom stereocenters. The molecule has 0 amide bonds. The molecule has 0 heterocycles. The SMILES string of the molecule is CCCCCCCC/C=C\CCCCCCCCOc1ccc(-c2ccc(OC(=O)c3c(F)c(F)c(F)c(F)c3F)cc2)cc1. The van der Waals surface area contributed by atoms with Gasteiger partial charge in [0.1, 0.15) is 17.1 Å². The number of hydrogen-bond acceptors (Lipinski definition) is 3. The van der Waals surface area contributed by atoms with Gasteiger partial charge in [-0.25, -0.2) is 26.7 Å². The smallest absolute Gasteiger partial charge is 0.349 e. The Morgan fingerprint density at radius 3 is 1.49 bits per heavy atom. The summed E-state index contributed by atoms with van der Waals surface area (Å²) in [5, 5.41) is 0. The minimum absolute atomic E-state index is 0.122. The number of carbonyl (C=O) groups is 1. The standard InChI is InChI=1S/C37H43F5O3/c1-2-3-4-5-6-7-8-9-10-11-12-13-14-15-16-17-26-44-29-22-18-27(19-23-29)28-20-24-30(25-21-28)45-37(43)31-32(38)34(40)36(42)35(41)33(31)39/h9-10,18-25H,2-8,11-17,26H2,1H3/b10-9-. The maximum atomic E-state index is 13.9. The first-order valence-corrected chi connectivity index (χ1v) is 16.0. The Morgan fingerprint density at radius 2 is 0.978 bits per heavy atom. The summed E-state index contributed by atoms with van der Waals surface area (Å²) in [5.74, 6) is -12.3. The van der Waals surface area contributed by atoms with Crippen LogP contribution >= 0.6 is 0 Å². The Kier molecular flexibility index (Phi) is 15.6. The van der Waals surface area contributed by atoms with E-state index in [0.29, 0.717) is 6.61 Å². The molecule has 3 rings (SSSR count). The van der Waals surface area contributed by atoms with E-state index in [9.17, 15) is 26.7 Å². The Bertz CT molecular complexity index is 1320. The van der Waals surface area contributed by atoms with Crippen LogP contribution in [0.4, 0.5) is 22.0 Å². The van der Waals surface area contributed by atoms with E-state index < -0.39 is 40.6 Å². The first-order chi connectivity index (χ1) is 21.8. The van der Waals surface area contributed by atoms with Gasteiger partial charge in [-0.2, -0.15) is 0 Å². The van der Waals surface area contributed by atoms with E-state index in [4.69, 9.17) is 9.47 Å². The minimum Gasteiger partial charge on any atom is -0.494 e. The van der Waals surface area contributed by atoms with Gasteiger partial charge in [0.05, 0.1) is 6.61 Å². The first-order valence-electron chi connectivity index (χ1n) is 16.0. The zero-order valence-corrected chi connectivity index (χ0v) is 26.0. The summed E-state index contributed by atoms with van der Waals surface area (Å²) < 4.78 is 78.6. The van der Waals surface area contributed by atoms with E-state index in [-0.39, 0.29) is 5.75 Å². The molecule has 0 aliphatic heterocycles. The van der Waals surface area contributed by atoms with Gasteiger partial charge in [-0.05, 0) is 67.5 Å². The van der Waals surface area contributed by atoms with Gasteiger partial charge >= 0.3 is 5.97 Å². The third kappa shape index (κ3) is 11.6. The van der Waals surface area contributed by atoms with Crippen molar-refractivity contribution in [1.82, 2.24) is 0 Å². The fraction of sp³-hybridized carbons (Fsp3) is 0.432. The number of carbonyl (C=O) groups excluding carboxylic acids is 1. The zero-order valence-electron chi connectivity index (χ0n) is 26.0. The van der Waals surface area contributed by atoms with Crippen LogP contribution in [0.2, 0.25) is 0 Å². The van der Waals surface area contributed by atoms with Crippen LogP contribution in [0.5, 0.6) is 11.5 Å². The van der Waals surface area contributed by atoms with Crippen molar-refractivity contribution < 1.29 is 36.2 Å². The molecular weight excluding hydrogens is 587 g/mol. The van der Waals surface area contributed by atoms with Gasteiger partial charge in [-0.15, -0.1) is 0 Å². The summed E-state index contributed by atoms with van der Waals surface area (Å²) in [4.78, 5) is 12.2. The number of benzene rings is 3. The number of esters is 1. The van der Waals surface area contributed by atoms with Crippen molar-refractivity contribution in [3.63, 3.8) is 0 Å². The van der Waals surface area contributed by atoms with E-state index in [0.717, 1.165) is 29.7 Å². The van der Waals surface area contributed by atoms with Gasteiger partial charge in [-0.1, -0.05) is 101 Å². The van der Waals surface area contributed by atoms with Crippen LogP contribution in [0.1, 0.15) is 107 Å². The molecule has 3 aromatic rings. The van der Waals surface area contributed by atoms with Gasteiger partial charge in [0.25, 0.3) is 0 Å². The lowest BCUT2D eigenvalue weighted by Gasteiger charge is -2.10. The zero-order chi connectivity index (χ0) is 32.4. The van der Waals surface area contributed by atoms with E-state index >= 15 is 0 Å². The molecule has 244 valence electrons. The van der Waals surface area contributed by atoms with Crippen LogP contribution in [-0.4, -0.2) is 12.6 Å². The highest BCUT2D eigenvalue weighted by molar-refractivity contribution is 5.91. The van der Waals surface area contributed by atoms with Gasteiger partial charge in [0, 0.05) is 0 Å². The van der Waals surface area contributed by atoms with Gasteiger partial charge in [0.2, 0.25) is 5.82 Å². The number of rotatable bonds is 20. The van der Waals surface area contributed by atoms with E-state index in [1.54, 1.807) is 12.1 Å². The molecule has 0 saturated carbocycles. The number of halogens is 5. The van der Waals surface area contributed by atoms with Crippen molar-refractivity contribution in [1.29, 1.82) is 0 Å². The molecule has 0 N–H and O–H groups in total. The molecule has 0 aliphatic rings. The van der Waals surface area contributed by atoms with Gasteiger partial charge in [0.15, 0.2) is 23.3 Å². The number of allylic oxidation sites excluding steroid dienone is 2. The maximum Gasteiger partial charge on any atom is 0.349 e. The summed E-state index contributed by atoms with van der Waals surface area (Å²) in [6.07, 6.45) is 22.3. The third-order valence-electron chi connectivity index (χ3n) is 7.59. The maximum absolute atomic E-state index is 13.9. The summed E-state index contributed by atoms with van der Waals surface area (Å²) in [5.41, 5.74) is -0.0496. The molecule has 0 radical (unpaired) electrons. The lowest BCUT2D eigenvalue weighted by Crippen LogP contribution is -2.17. The van der Waals surface area contributed by atoms with Crippen molar-refractivity contribution in [2.75, 3.05) is 6.61 Å². The molecule has 3 nitrogen and oxygen atoms in total. The summed E-state index contributed by atoms with van der Waals surface area (Å²) >= 11 is 0. The quantitative estimate of drug-likeness (QED) is 0.0237. The van der Waals surface area contributed by atoms with Gasteiger partial charge < -0.3 is 9.47 Å². The highest BCUT2D eigenvalue weighted by Crippen LogP contribution is 2.27. The second kappa shape index (κ2) is 19.7. The molecule has 0 aromatic heterocycles. The fourth-order valence-electron chi connectivity index (χ4n) is 4.94. The van der Waals surface area contributed by atoms with E-state index in [2.05, 4.69) is 19.1 Å². The van der Waals surface area contributed by atoms with Gasteiger partial charge in [-0.3, -0.25) is 0 Å². The highest BCUT2D eigenvalue weighted by atomic mass is 19.2. The summed E-state index contributed by atoms with van der Waals surface area (Å²) in [6, 6.07) is 13.4. The molecule has 0 unspecified atom stereocenters. The minimum atomic E-state index is -2.35. The Balaban J connectivity index is 1.30. The Hall–Kier alpha value is -3.68. The average molecular weight is 631 g/mol. The average Bonchev–Trinajstić information content (AvgIpc) is 3.05. The molecule has 0 bridgehead atoms. The highest BCUT2D eigenvalue weighted by Gasteiger charge is 2.31. The first kappa shape index (κ1) is 35.8. The number of hydrogen-bond donors (Lipinski definition) is 0. The predicted molar refractivity (Wildman–Crippen MR) is 168 cm³/mol. The topological polar surface area (TPSA) is 35.5 Å². The van der Waals surface area contributed by atoms with E-state index in [1.165, 1.54) is 89.2 Å². The molecule has 0 saturated heterocycles. The fourth-order valence-corrected chi connectivity index (χ4v) is 4.94. The molecule has 0 aliphatic carbocycles. The number of ether oxygens (including phenoxy) is 2.